The molecule has 0 fully saturated rings. The molecule has 0 saturated carbocycles. The highest BCUT2D eigenvalue weighted by atomic mass is 32.2. The molecule has 0 radical (unpaired) electrons. The lowest BCUT2D eigenvalue weighted by Gasteiger charge is -2.37. The first kappa shape index (κ1) is 24.5. The highest BCUT2D eigenvalue weighted by Crippen LogP contribution is 2.48. The normalized spacial score (nSPS) is 16.9. The Morgan fingerprint density at radius 2 is 2.03 bits per heavy atom. The molecule has 35 heavy (non-hydrogen) atoms. The van der Waals surface area contributed by atoms with E-state index in [1.807, 2.05) is 22.4 Å². The number of rotatable bonds is 9. The number of ether oxygens (including phenoxy) is 3. The van der Waals surface area contributed by atoms with Crippen molar-refractivity contribution in [1.82, 2.24) is 10.2 Å². The predicted molar refractivity (Wildman–Crippen MR) is 132 cm³/mol. The van der Waals surface area contributed by atoms with Crippen LogP contribution in [0.2, 0.25) is 0 Å². The first-order valence-electron chi connectivity index (χ1n) is 11.1. The summed E-state index contributed by atoms with van der Waals surface area (Å²) in [6, 6.07) is 8.45. The molecular formula is C25H27N3O6S. The smallest absolute Gasteiger partial charge is 0.338 e. The van der Waals surface area contributed by atoms with Gasteiger partial charge in [-0.05, 0) is 37.5 Å². The van der Waals surface area contributed by atoms with Gasteiger partial charge < -0.3 is 28.8 Å². The molecule has 2 aliphatic heterocycles. The molecule has 0 bridgehead atoms. The molecule has 1 aromatic heterocycles. The van der Waals surface area contributed by atoms with Crippen molar-refractivity contribution in [2.24, 2.45) is 4.99 Å². The number of amidine groups is 1. The average molecular weight is 498 g/mol. The molecule has 184 valence electrons. The van der Waals surface area contributed by atoms with Crippen molar-refractivity contribution in [3.05, 3.63) is 70.3 Å². The summed E-state index contributed by atoms with van der Waals surface area (Å²) in [5, 5.41) is 5.42. The number of benzene rings is 1. The third-order valence-electron chi connectivity index (χ3n) is 5.61. The van der Waals surface area contributed by atoms with Crippen LogP contribution in [0.25, 0.3) is 0 Å². The molecule has 0 spiro atoms. The second-order valence-corrected chi connectivity index (χ2v) is 8.57. The van der Waals surface area contributed by atoms with Gasteiger partial charge in [-0.1, -0.05) is 23.9 Å². The topological polar surface area (TPSA) is 103 Å². The van der Waals surface area contributed by atoms with Crippen LogP contribution in [0.15, 0.2) is 68.4 Å². The molecule has 3 heterocycles. The lowest BCUT2D eigenvalue weighted by molar-refractivity contribution is -0.139. The highest BCUT2D eigenvalue weighted by molar-refractivity contribution is 8.16. The van der Waals surface area contributed by atoms with E-state index in [1.165, 1.54) is 11.8 Å². The van der Waals surface area contributed by atoms with Crippen LogP contribution in [0.3, 0.4) is 0 Å². The van der Waals surface area contributed by atoms with Crippen molar-refractivity contribution < 1.29 is 28.2 Å². The number of para-hydroxylation sites is 1. The van der Waals surface area contributed by atoms with E-state index in [2.05, 4.69) is 10.3 Å². The number of nitrogens with one attached hydrogen (secondary N) is 1. The average Bonchev–Trinajstić information content (AvgIpc) is 3.51. The Morgan fingerprint density at radius 1 is 1.20 bits per heavy atom. The van der Waals surface area contributed by atoms with Gasteiger partial charge in [-0.3, -0.25) is 4.79 Å². The van der Waals surface area contributed by atoms with Gasteiger partial charge in [0.05, 0.1) is 57.4 Å². The van der Waals surface area contributed by atoms with Crippen LogP contribution in [0.4, 0.5) is 0 Å². The third kappa shape index (κ3) is 4.93. The number of nitrogens with zero attached hydrogens (tertiary/aromatic N) is 2. The molecule has 0 unspecified atom stereocenters. The molecule has 1 amide bonds. The second-order valence-electron chi connectivity index (χ2n) is 7.73. The number of carbonyl (C=O) groups is 2. The summed E-state index contributed by atoms with van der Waals surface area (Å²) in [6.07, 6.45) is 1.65. The van der Waals surface area contributed by atoms with Gasteiger partial charge in [0.15, 0.2) is 16.7 Å². The van der Waals surface area contributed by atoms with Crippen LogP contribution in [-0.2, 0) is 20.9 Å². The highest BCUT2D eigenvalue weighted by Gasteiger charge is 2.42. The van der Waals surface area contributed by atoms with Crippen molar-refractivity contribution in [2.75, 3.05) is 20.8 Å². The summed E-state index contributed by atoms with van der Waals surface area (Å²) in [5.74, 6) is 1.03. The maximum absolute atomic E-state index is 13.1. The Hall–Kier alpha value is -3.66. The van der Waals surface area contributed by atoms with Crippen molar-refractivity contribution >= 4 is 28.8 Å². The molecule has 1 aromatic carbocycles. The summed E-state index contributed by atoms with van der Waals surface area (Å²) in [5.41, 5.74) is 2.33. The number of thioether (sulfide) groups is 1. The first-order chi connectivity index (χ1) is 17.0. The van der Waals surface area contributed by atoms with Gasteiger partial charge in [-0.15, -0.1) is 0 Å². The summed E-state index contributed by atoms with van der Waals surface area (Å²) in [7, 11) is 3.11. The third-order valence-corrected chi connectivity index (χ3v) is 6.49. The number of esters is 1. The molecule has 1 atom stereocenters. The molecule has 1 N–H and O–H groups in total. The lowest BCUT2D eigenvalue weighted by Crippen LogP contribution is -2.38. The van der Waals surface area contributed by atoms with Gasteiger partial charge in [0.1, 0.15) is 5.76 Å². The van der Waals surface area contributed by atoms with E-state index < -0.39 is 12.0 Å². The molecule has 0 aliphatic carbocycles. The van der Waals surface area contributed by atoms with Gasteiger partial charge in [0, 0.05) is 11.3 Å². The largest absolute Gasteiger partial charge is 0.493 e. The van der Waals surface area contributed by atoms with Gasteiger partial charge in [0.25, 0.3) is 0 Å². The zero-order valence-corrected chi connectivity index (χ0v) is 20.8. The Morgan fingerprint density at radius 3 is 2.71 bits per heavy atom. The van der Waals surface area contributed by atoms with Crippen molar-refractivity contribution in [1.29, 1.82) is 0 Å². The first-order valence-corrected chi connectivity index (χ1v) is 12.0. The van der Waals surface area contributed by atoms with E-state index in [9.17, 15) is 9.59 Å². The molecule has 2 aromatic rings. The fourth-order valence-electron chi connectivity index (χ4n) is 4.09. The van der Waals surface area contributed by atoms with E-state index >= 15 is 0 Å². The Labute approximate surface area is 207 Å². The number of hydrogen-bond donors (Lipinski definition) is 1. The quantitative estimate of drug-likeness (QED) is 0.516. The molecule has 4 rings (SSSR count). The fourth-order valence-corrected chi connectivity index (χ4v) is 5.05. The van der Waals surface area contributed by atoms with Crippen LogP contribution >= 0.6 is 11.8 Å². The number of fused-ring (bicyclic) bond motifs is 1. The zero-order chi connectivity index (χ0) is 24.9. The number of methoxy groups -OCH3 is 2. The van der Waals surface area contributed by atoms with Gasteiger partial charge in [0.2, 0.25) is 5.91 Å². The van der Waals surface area contributed by atoms with E-state index in [0.717, 1.165) is 0 Å². The Kier molecular flexibility index (Phi) is 7.50. The molecule has 9 nitrogen and oxygen atoms in total. The minimum Gasteiger partial charge on any atom is -0.493 e. The van der Waals surface area contributed by atoms with Gasteiger partial charge in [-0.25, -0.2) is 9.79 Å². The number of amides is 1. The Balaban J connectivity index is 1.71. The molecule has 2 aliphatic rings. The van der Waals surface area contributed by atoms with E-state index in [1.54, 1.807) is 52.5 Å². The van der Waals surface area contributed by atoms with Crippen molar-refractivity contribution in [2.45, 2.75) is 32.9 Å². The standard InChI is InChI=1S/C25H27N3O6S/c1-5-33-24(30)21-15(2)27-25-28(22(21)18-9-6-10-19(31-3)23(18)32-4)16(14-35-25)12-20(29)26-13-17-8-7-11-34-17/h6-11,14,22H,5,12-13H2,1-4H3,(H,26,29)/t22-/m0/s1. The van der Waals surface area contributed by atoms with Gasteiger partial charge in [-0.2, -0.15) is 0 Å². The number of carbonyl (C=O) groups excluding carboxylic acids is 2. The fraction of sp³-hybridized carbons (Fsp3) is 0.320. The minimum atomic E-state index is -0.620. The summed E-state index contributed by atoms with van der Waals surface area (Å²) >= 11 is 1.40. The minimum absolute atomic E-state index is 0.0880. The molecule has 10 heteroatoms. The van der Waals surface area contributed by atoms with Crippen molar-refractivity contribution in [3.63, 3.8) is 0 Å². The van der Waals surface area contributed by atoms with Crippen molar-refractivity contribution in [3.8, 4) is 11.5 Å². The van der Waals surface area contributed by atoms with Gasteiger partial charge >= 0.3 is 5.97 Å². The summed E-state index contributed by atoms with van der Waals surface area (Å²) < 4.78 is 21.9. The van der Waals surface area contributed by atoms with Crippen LogP contribution in [0, 0.1) is 0 Å². The number of aliphatic imine (C=N–C) groups is 1. The van der Waals surface area contributed by atoms with E-state index in [-0.39, 0.29) is 25.5 Å². The lowest BCUT2D eigenvalue weighted by atomic mass is 9.92. The predicted octanol–water partition coefficient (Wildman–Crippen LogP) is 4.14. The second kappa shape index (κ2) is 10.7. The molecular weight excluding hydrogens is 470 g/mol. The van der Waals surface area contributed by atoms with E-state index in [0.29, 0.717) is 45.0 Å². The zero-order valence-electron chi connectivity index (χ0n) is 20.0. The summed E-state index contributed by atoms with van der Waals surface area (Å²) in [4.78, 5) is 32.5. The summed E-state index contributed by atoms with van der Waals surface area (Å²) in [6.45, 7) is 4.05. The maximum Gasteiger partial charge on any atom is 0.338 e. The SMILES string of the molecule is CCOC(=O)C1=C(C)N=C2SC=C(CC(=O)NCc3ccco3)N2[C@H]1c1cccc(OC)c1OC. The van der Waals surface area contributed by atoms with Crippen LogP contribution in [-0.4, -0.2) is 42.8 Å². The number of allylic oxidation sites excluding steroid dienone is 1. The monoisotopic (exact) mass is 497 g/mol. The van der Waals surface area contributed by atoms with E-state index in [4.69, 9.17) is 18.6 Å². The van der Waals surface area contributed by atoms with Crippen LogP contribution in [0.5, 0.6) is 11.5 Å². The van der Waals surface area contributed by atoms with Crippen LogP contribution in [0.1, 0.15) is 37.6 Å². The number of furan rings is 1. The Bertz CT molecular complexity index is 1200. The van der Waals surface area contributed by atoms with Crippen LogP contribution < -0.4 is 14.8 Å². The maximum atomic E-state index is 13.1. The molecule has 0 saturated heterocycles. The number of hydrogen-bond acceptors (Lipinski definition) is 9.